The van der Waals surface area contributed by atoms with Gasteiger partial charge >= 0.3 is 5.97 Å². The normalized spacial score (nSPS) is 10.1. The van der Waals surface area contributed by atoms with Crippen LogP contribution in [0.1, 0.15) is 20.7 Å². The molecule has 1 aromatic carbocycles. The molecule has 3 N–H and O–H groups in total. The maximum atomic E-state index is 12.2. The molecule has 0 saturated heterocycles. The molecule has 0 aliphatic carbocycles. The van der Waals surface area contributed by atoms with Crippen molar-refractivity contribution in [2.75, 3.05) is 13.6 Å². The van der Waals surface area contributed by atoms with Crippen molar-refractivity contribution in [1.82, 2.24) is 10.6 Å². The van der Waals surface area contributed by atoms with Gasteiger partial charge in [-0.2, -0.15) is 0 Å². The van der Waals surface area contributed by atoms with Crippen LogP contribution in [0.2, 0.25) is 0 Å². The molecule has 0 aromatic heterocycles. The largest absolute Gasteiger partial charge is 0.480 e. The van der Waals surface area contributed by atoms with Gasteiger partial charge in [0.05, 0.1) is 11.1 Å². The van der Waals surface area contributed by atoms with Crippen molar-refractivity contribution in [1.29, 1.82) is 0 Å². The van der Waals surface area contributed by atoms with E-state index in [9.17, 15) is 14.4 Å². The summed E-state index contributed by atoms with van der Waals surface area (Å²) in [5.74, 6) is -1.80. The fraction of sp³-hybridized carbons (Fsp3) is 0.182. The molecular weight excluding hydrogens is 732 g/mol. The molecule has 6 nitrogen and oxygen atoms in total. The highest BCUT2D eigenvalue weighted by Crippen LogP contribution is 2.32. The van der Waals surface area contributed by atoms with E-state index in [1.807, 2.05) is 90.4 Å². The number of hydrogen-bond donors (Lipinski definition) is 3. The Morgan fingerprint density at radius 2 is 1.29 bits per heavy atom. The number of carbonyl (C=O) groups is 3. The van der Waals surface area contributed by atoms with Crippen molar-refractivity contribution in [2.24, 2.45) is 0 Å². The van der Waals surface area contributed by atoms with E-state index in [2.05, 4.69) is 10.6 Å². The maximum Gasteiger partial charge on any atom is 0.322 e. The van der Waals surface area contributed by atoms with Gasteiger partial charge in [0.25, 0.3) is 11.8 Å². The Hall–Kier alpha value is 0.550. The summed E-state index contributed by atoms with van der Waals surface area (Å²) < 4.78 is 2.58. The topological polar surface area (TPSA) is 95.5 Å². The lowest BCUT2D eigenvalue weighted by atomic mass is 10.1. The number of rotatable bonds is 4. The average Bonchev–Trinajstić information content (AvgIpc) is 2.43. The highest BCUT2D eigenvalue weighted by Gasteiger charge is 2.26. The minimum Gasteiger partial charge on any atom is -0.480 e. The molecule has 0 aliphatic rings. The molecule has 0 aliphatic heterocycles. The monoisotopic (exact) mass is 740 g/mol. The number of aliphatic carboxylic acids is 1. The zero-order valence-corrected chi connectivity index (χ0v) is 19.0. The summed E-state index contributed by atoms with van der Waals surface area (Å²) >= 11 is 8.01. The molecule has 10 heteroatoms. The molecule has 0 spiro atoms. The van der Waals surface area contributed by atoms with Gasteiger partial charge in [-0.15, -0.1) is 0 Å². The van der Waals surface area contributed by atoms with E-state index in [4.69, 9.17) is 5.11 Å². The molecule has 2 amide bonds. The second-order valence-electron chi connectivity index (χ2n) is 3.66. The van der Waals surface area contributed by atoms with E-state index >= 15 is 0 Å². The molecule has 21 heavy (non-hydrogen) atoms. The first kappa shape index (κ1) is 19.6. The lowest BCUT2D eigenvalue weighted by Gasteiger charge is -2.15. The molecule has 0 unspecified atom stereocenters. The van der Waals surface area contributed by atoms with Crippen LogP contribution in [0, 0.1) is 14.3 Å². The fourth-order valence-corrected chi connectivity index (χ4v) is 5.57. The molecule has 0 radical (unpaired) electrons. The predicted octanol–water partition coefficient (Wildman–Crippen LogP) is 2.28. The summed E-state index contributed by atoms with van der Waals surface area (Å²) in [4.78, 5) is 34.7. The number of carboxylic acids is 1. The van der Waals surface area contributed by atoms with Crippen LogP contribution in [0.25, 0.3) is 0 Å². The van der Waals surface area contributed by atoms with Crippen LogP contribution < -0.4 is 10.6 Å². The van der Waals surface area contributed by atoms with Crippen molar-refractivity contribution >= 4 is 108 Å². The Kier molecular flexibility index (Phi) is 7.85. The van der Waals surface area contributed by atoms with Crippen LogP contribution in [-0.4, -0.2) is 36.5 Å². The molecule has 0 fully saturated rings. The van der Waals surface area contributed by atoms with Crippen molar-refractivity contribution in [3.05, 3.63) is 25.4 Å². The molecule has 1 aromatic rings. The smallest absolute Gasteiger partial charge is 0.322 e. The number of halogens is 4. The summed E-state index contributed by atoms with van der Waals surface area (Å²) in [6.07, 6.45) is 0. The SMILES string of the molecule is CNC(=O)c1c(I)c(I)c(C(=O)NCC(=O)O)c(I)c1I. The number of nitrogens with one attached hydrogen (secondary N) is 2. The van der Waals surface area contributed by atoms with E-state index in [1.54, 1.807) is 7.05 Å². The quantitative estimate of drug-likeness (QED) is 0.327. The van der Waals surface area contributed by atoms with Gasteiger partial charge in [-0.1, -0.05) is 0 Å². The summed E-state index contributed by atoms with van der Waals surface area (Å²) in [7, 11) is 1.54. The number of benzene rings is 1. The Morgan fingerprint density at radius 3 is 1.62 bits per heavy atom. The molecular formula is C11H8I4N2O4. The highest BCUT2D eigenvalue weighted by molar-refractivity contribution is 14.1. The van der Waals surface area contributed by atoms with E-state index in [0.29, 0.717) is 25.4 Å². The minimum atomic E-state index is -1.11. The van der Waals surface area contributed by atoms with Gasteiger partial charge in [0.2, 0.25) is 0 Å². The third-order valence-electron chi connectivity index (χ3n) is 2.34. The molecule has 0 bridgehead atoms. The summed E-state index contributed by atoms with van der Waals surface area (Å²) in [5.41, 5.74) is 0.904. The average molecular weight is 740 g/mol. The standard InChI is InChI=1S/C11H8I4N2O4/c1-16-10(20)4-6(12)8(14)5(9(15)7(4)13)11(21)17-2-3(18)19/h2H2,1H3,(H,16,20)(H,17,21)(H,18,19). The first-order chi connectivity index (χ1) is 9.72. The first-order valence-corrected chi connectivity index (χ1v) is 9.61. The third kappa shape index (κ3) is 4.52. The summed E-state index contributed by atoms with van der Waals surface area (Å²) in [6.45, 7) is -0.449. The van der Waals surface area contributed by atoms with Crippen molar-refractivity contribution in [2.45, 2.75) is 0 Å². The third-order valence-corrected chi connectivity index (χ3v) is 8.72. The number of carboxylic acid groups (broad SMARTS) is 1. The Labute approximate surface area is 175 Å². The lowest BCUT2D eigenvalue weighted by Crippen LogP contribution is -2.31. The molecule has 0 heterocycles. The van der Waals surface area contributed by atoms with Gasteiger partial charge < -0.3 is 15.7 Å². The summed E-state index contributed by atoms with van der Waals surface area (Å²) in [5, 5.41) is 13.5. The van der Waals surface area contributed by atoms with Gasteiger partial charge in [0.1, 0.15) is 6.54 Å². The van der Waals surface area contributed by atoms with Gasteiger partial charge in [-0.3, -0.25) is 14.4 Å². The van der Waals surface area contributed by atoms with E-state index in [0.717, 1.165) is 0 Å². The van der Waals surface area contributed by atoms with E-state index in [-0.39, 0.29) is 5.91 Å². The second-order valence-corrected chi connectivity index (χ2v) is 7.98. The first-order valence-electron chi connectivity index (χ1n) is 5.30. The van der Waals surface area contributed by atoms with Crippen molar-refractivity contribution < 1.29 is 19.5 Å². The van der Waals surface area contributed by atoms with E-state index < -0.39 is 18.4 Å². The number of carbonyl (C=O) groups excluding carboxylic acids is 2. The zero-order chi connectivity index (χ0) is 16.3. The predicted molar refractivity (Wildman–Crippen MR) is 111 cm³/mol. The lowest BCUT2D eigenvalue weighted by molar-refractivity contribution is -0.135. The zero-order valence-electron chi connectivity index (χ0n) is 10.4. The summed E-state index contributed by atoms with van der Waals surface area (Å²) in [6, 6.07) is 0. The van der Waals surface area contributed by atoms with Crippen molar-refractivity contribution in [3.8, 4) is 0 Å². The van der Waals surface area contributed by atoms with Gasteiger partial charge in [-0.25, -0.2) is 0 Å². The maximum absolute atomic E-state index is 12.2. The Balaban J connectivity index is 3.40. The van der Waals surface area contributed by atoms with E-state index in [1.165, 1.54) is 0 Å². The Bertz CT molecular complexity index is 604. The van der Waals surface area contributed by atoms with Crippen LogP contribution in [-0.2, 0) is 4.79 Å². The van der Waals surface area contributed by atoms with Crippen LogP contribution in [0.15, 0.2) is 0 Å². The second kappa shape index (κ2) is 8.42. The molecule has 114 valence electrons. The molecule has 0 saturated carbocycles. The van der Waals surface area contributed by atoms with Crippen molar-refractivity contribution in [3.63, 3.8) is 0 Å². The molecule has 0 atom stereocenters. The fourth-order valence-electron chi connectivity index (χ4n) is 1.40. The van der Waals surface area contributed by atoms with Gasteiger partial charge in [0.15, 0.2) is 0 Å². The van der Waals surface area contributed by atoms with Gasteiger partial charge in [-0.05, 0) is 90.4 Å². The number of amides is 2. The molecule has 1 rings (SSSR count). The van der Waals surface area contributed by atoms with Crippen LogP contribution >= 0.6 is 90.4 Å². The highest BCUT2D eigenvalue weighted by atomic mass is 127. The Morgan fingerprint density at radius 1 is 0.905 bits per heavy atom. The minimum absolute atomic E-state index is 0.225. The number of hydrogen-bond acceptors (Lipinski definition) is 3. The van der Waals surface area contributed by atoms with Crippen LogP contribution in [0.5, 0.6) is 0 Å². The van der Waals surface area contributed by atoms with Crippen LogP contribution in [0.4, 0.5) is 0 Å². The van der Waals surface area contributed by atoms with Crippen LogP contribution in [0.3, 0.4) is 0 Å². The van der Waals surface area contributed by atoms with Gasteiger partial charge in [0, 0.05) is 21.3 Å².